The van der Waals surface area contributed by atoms with Crippen molar-refractivity contribution in [2.75, 3.05) is 0 Å². The quantitative estimate of drug-likeness (QED) is 0.717. The van der Waals surface area contributed by atoms with Gasteiger partial charge in [-0.15, -0.1) is 0 Å². The zero-order chi connectivity index (χ0) is 20.1. The van der Waals surface area contributed by atoms with Crippen LogP contribution in [0.5, 0.6) is 0 Å². The van der Waals surface area contributed by atoms with E-state index in [0.717, 1.165) is 24.8 Å². The lowest BCUT2D eigenvalue weighted by atomic mass is 9.93. The first-order chi connectivity index (χ1) is 13.5. The van der Waals surface area contributed by atoms with Crippen LogP contribution in [0.25, 0.3) is 0 Å². The Morgan fingerprint density at radius 2 is 1.89 bits per heavy atom. The lowest BCUT2D eigenvalue weighted by Crippen LogP contribution is -2.39. The Kier molecular flexibility index (Phi) is 6.62. The summed E-state index contributed by atoms with van der Waals surface area (Å²) >= 11 is 0. The van der Waals surface area contributed by atoms with Crippen molar-refractivity contribution in [2.24, 2.45) is 0 Å². The maximum absolute atomic E-state index is 13.0. The van der Waals surface area contributed by atoms with Crippen LogP contribution in [-0.2, 0) is 0 Å². The molecule has 6 heteroatoms. The van der Waals surface area contributed by atoms with E-state index in [2.05, 4.69) is 10.4 Å². The minimum atomic E-state index is -0.268. The number of benzene rings is 1. The Morgan fingerprint density at radius 3 is 2.54 bits per heavy atom. The fraction of sp³-hybridized carbons (Fsp3) is 0.500. The standard InChI is InChI=1S/C22H29N3O3/c1-3-7-21(27)19-14-20(22(28)23-17-10-12-18(26)13-11-17)25(24-19)15(2)16-8-5-4-6-9-16/h4-6,8-9,14-15,17-18,26H,3,7,10-13H2,1-2H3,(H,23,28)/t15-,17?,18?/m0/s1. The molecule has 2 aromatic rings. The SMILES string of the molecule is CCCC(=O)c1cc(C(=O)NC2CCC(O)CC2)n([C@@H](C)c2ccccc2)n1. The average molecular weight is 383 g/mol. The van der Waals surface area contributed by atoms with E-state index in [1.54, 1.807) is 10.7 Å². The number of rotatable bonds is 7. The van der Waals surface area contributed by atoms with E-state index in [0.29, 0.717) is 30.7 Å². The van der Waals surface area contributed by atoms with Gasteiger partial charge in [0, 0.05) is 18.5 Å². The smallest absolute Gasteiger partial charge is 0.269 e. The van der Waals surface area contributed by atoms with Crippen LogP contribution in [0, 0.1) is 0 Å². The molecule has 1 fully saturated rings. The fourth-order valence-electron chi connectivity index (χ4n) is 3.70. The molecule has 1 aliphatic rings. The fourth-order valence-corrected chi connectivity index (χ4v) is 3.70. The molecule has 0 aliphatic heterocycles. The topological polar surface area (TPSA) is 84.2 Å². The van der Waals surface area contributed by atoms with Gasteiger partial charge >= 0.3 is 0 Å². The van der Waals surface area contributed by atoms with Crippen LogP contribution >= 0.6 is 0 Å². The Bertz CT molecular complexity index is 808. The average Bonchev–Trinajstić information content (AvgIpc) is 3.16. The van der Waals surface area contributed by atoms with E-state index in [-0.39, 0.29) is 29.9 Å². The highest BCUT2D eigenvalue weighted by atomic mass is 16.3. The minimum Gasteiger partial charge on any atom is -0.393 e. The molecule has 2 N–H and O–H groups in total. The van der Waals surface area contributed by atoms with Gasteiger partial charge in [-0.05, 0) is 44.6 Å². The van der Waals surface area contributed by atoms with Crippen LogP contribution in [0.15, 0.2) is 36.4 Å². The summed E-state index contributed by atoms with van der Waals surface area (Å²) in [5.74, 6) is -0.261. The molecule has 150 valence electrons. The summed E-state index contributed by atoms with van der Waals surface area (Å²) in [4.78, 5) is 25.4. The second-order valence-corrected chi connectivity index (χ2v) is 7.60. The van der Waals surface area contributed by atoms with Crippen molar-refractivity contribution in [3.05, 3.63) is 53.3 Å². The normalized spacial score (nSPS) is 20.5. The molecule has 1 saturated carbocycles. The Morgan fingerprint density at radius 1 is 1.21 bits per heavy atom. The number of aliphatic hydroxyl groups excluding tert-OH is 1. The largest absolute Gasteiger partial charge is 0.393 e. The molecule has 0 bridgehead atoms. The van der Waals surface area contributed by atoms with E-state index in [9.17, 15) is 14.7 Å². The maximum atomic E-state index is 13.0. The summed E-state index contributed by atoms with van der Waals surface area (Å²) in [5, 5.41) is 17.2. The number of aromatic nitrogens is 2. The van der Waals surface area contributed by atoms with E-state index >= 15 is 0 Å². The molecule has 1 aliphatic carbocycles. The summed E-state index contributed by atoms with van der Waals surface area (Å²) in [6.45, 7) is 3.93. The third kappa shape index (κ3) is 4.68. The Balaban J connectivity index is 1.87. The van der Waals surface area contributed by atoms with Crippen molar-refractivity contribution < 1.29 is 14.7 Å². The van der Waals surface area contributed by atoms with Crippen LogP contribution < -0.4 is 5.32 Å². The molecular formula is C22H29N3O3. The van der Waals surface area contributed by atoms with Gasteiger partial charge in [0.25, 0.3) is 5.91 Å². The summed E-state index contributed by atoms with van der Waals surface area (Å²) in [7, 11) is 0. The van der Waals surface area contributed by atoms with Crippen molar-refractivity contribution >= 4 is 11.7 Å². The number of carbonyl (C=O) groups excluding carboxylic acids is 2. The molecule has 1 atom stereocenters. The number of amides is 1. The van der Waals surface area contributed by atoms with Gasteiger partial charge in [-0.1, -0.05) is 37.3 Å². The highest BCUT2D eigenvalue weighted by Crippen LogP contribution is 2.22. The van der Waals surface area contributed by atoms with Gasteiger partial charge in [-0.3, -0.25) is 14.3 Å². The van der Waals surface area contributed by atoms with Crippen molar-refractivity contribution in [3.63, 3.8) is 0 Å². The van der Waals surface area contributed by atoms with Crippen molar-refractivity contribution in [2.45, 2.75) is 70.6 Å². The monoisotopic (exact) mass is 383 g/mol. The Labute approximate surface area is 166 Å². The van der Waals surface area contributed by atoms with E-state index in [1.165, 1.54) is 0 Å². The van der Waals surface area contributed by atoms with Gasteiger partial charge < -0.3 is 10.4 Å². The first-order valence-corrected chi connectivity index (χ1v) is 10.2. The van der Waals surface area contributed by atoms with Crippen LogP contribution in [0.1, 0.15) is 85.0 Å². The number of nitrogens with zero attached hydrogens (tertiary/aromatic N) is 2. The summed E-state index contributed by atoms with van der Waals surface area (Å²) in [6, 6.07) is 11.3. The summed E-state index contributed by atoms with van der Waals surface area (Å²) in [6.07, 6.45) is 3.81. The second kappa shape index (κ2) is 9.15. The molecule has 28 heavy (non-hydrogen) atoms. The van der Waals surface area contributed by atoms with Crippen molar-refractivity contribution in [3.8, 4) is 0 Å². The first-order valence-electron chi connectivity index (χ1n) is 10.2. The number of ketones is 1. The highest BCUT2D eigenvalue weighted by Gasteiger charge is 2.26. The van der Waals surface area contributed by atoms with Gasteiger partial charge in [0.1, 0.15) is 11.4 Å². The Hall–Kier alpha value is -2.47. The summed E-state index contributed by atoms with van der Waals surface area (Å²) < 4.78 is 1.66. The highest BCUT2D eigenvalue weighted by molar-refractivity contribution is 5.99. The molecule has 3 rings (SSSR count). The molecule has 0 saturated heterocycles. The molecule has 6 nitrogen and oxygen atoms in total. The number of Topliss-reactive ketones (excluding diaryl/α,β-unsaturated/α-hetero) is 1. The van der Waals surface area contributed by atoms with Gasteiger partial charge in [0.15, 0.2) is 5.78 Å². The lowest BCUT2D eigenvalue weighted by molar-refractivity contribution is 0.0856. The molecule has 1 aromatic carbocycles. The maximum Gasteiger partial charge on any atom is 0.269 e. The van der Waals surface area contributed by atoms with E-state index in [4.69, 9.17) is 0 Å². The molecule has 0 unspecified atom stereocenters. The number of hydrogen-bond donors (Lipinski definition) is 2. The number of hydrogen-bond acceptors (Lipinski definition) is 4. The van der Waals surface area contributed by atoms with Gasteiger partial charge in [-0.25, -0.2) is 0 Å². The van der Waals surface area contributed by atoms with Gasteiger partial charge in [-0.2, -0.15) is 5.10 Å². The van der Waals surface area contributed by atoms with Crippen LogP contribution in [0.4, 0.5) is 0 Å². The number of nitrogens with one attached hydrogen (secondary N) is 1. The second-order valence-electron chi connectivity index (χ2n) is 7.60. The molecule has 0 spiro atoms. The van der Waals surface area contributed by atoms with Crippen molar-refractivity contribution in [1.29, 1.82) is 0 Å². The third-order valence-electron chi connectivity index (χ3n) is 5.41. The zero-order valence-electron chi connectivity index (χ0n) is 16.6. The van der Waals surface area contributed by atoms with E-state index < -0.39 is 0 Å². The van der Waals surface area contributed by atoms with Crippen LogP contribution in [0.2, 0.25) is 0 Å². The van der Waals surface area contributed by atoms with Gasteiger partial charge in [0.2, 0.25) is 0 Å². The van der Waals surface area contributed by atoms with Crippen LogP contribution in [0.3, 0.4) is 0 Å². The molecular weight excluding hydrogens is 354 g/mol. The van der Waals surface area contributed by atoms with Gasteiger partial charge in [0.05, 0.1) is 12.1 Å². The number of aliphatic hydroxyl groups is 1. The lowest BCUT2D eigenvalue weighted by Gasteiger charge is -2.26. The zero-order valence-corrected chi connectivity index (χ0v) is 16.6. The third-order valence-corrected chi connectivity index (χ3v) is 5.41. The van der Waals surface area contributed by atoms with E-state index in [1.807, 2.05) is 44.2 Å². The minimum absolute atomic E-state index is 0.0427. The molecule has 1 heterocycles. The predicted octanol–water partition coefficient (Wildman–Crippen LogP) is 3.51. The molecule has 1 aromatic heterocycles. The van der Waals surface area contributed by atoms with Crippen LogP contribution in [-0.4, -0.2) is 38.7 Å². The molecule has 1 amide bonds. The molecule has 0 radical (unpaired) electrons. The first kappa shape index (κ1) is 20.3. The van der Waals surface area contributed by atoms with Crippen molar-refractivity contribution in [1.82, 2.24) is 15.1 Å². The summed E-state index contributed by atoms with van der Waals surface area (Å²) in [5.41, 5.74) is 1.77. The number of carbonyl (C=O) groups is 2. The predicted molar refractivity (Wildman–Crippen MR) is 107 cm³/mol.